The van der Waals surface area contributed by atoms with Crippen molar-refractivity contribution in [1.82, 2.24) is 15.8 Å². The van der Waals surface area contributed by atoms with Gasteiger partial charge < -0.3 is 25.0 Å². The molecule has 0 bridgehead atoms. The Morgan fingerprint density at radius 2 is 1.66 bits per heavy atom. The zero-order valence-electron chi connectivity index (χ0n) is 19.5. The van der Waals surface area contributed by atoms with Gasteiger partial charge in [-0.2, -0.15) is 0 Å². The highest BCUT2D eigenvalue weighted by molar-refractivity contribution is 5.92. The SMILES string of the molecule is CC(C)C(CNC(=O)c1cc(CNC(=O)OCC2c3ccccc3-c3ccccc32)on1)C(=O)O. The van der Waals surface area contributed by atoms with Crippen LogP contribution < -0.4 is 10.6 Å². The molecule has 0 radical (unpaired) electrons. The molecule has 0 saturated carbocycles. The number of aromatic nitrogens is 1. The lowest BCUT2D eigenvalue weighted by Crippen LogP contribution is -2.35. The Labute approximate surface area is 202 Å². The van der Waals surface area contributed by atoms with Crippen molar-refractivity contribution in [2.24, 2.45) is 11.8 Å². The predicted octanol–water partition coefficient (Wildman–Crippen LogP) is 3.80. The van der Waals surface area contributed by atoms with Crippen molar-refractivity contribution in [2.75, 3.05) is 13.2 Å². The van der Waals surface area contributed by atoms with Gasteiger partial charge in [0.25, 0.3) is 5.91 Å². The minimum atomic E-state index is -0.978. The first-order chi connectivity index (χ1) is 16.8. The average molecular weight is 478 g/mol. The van der Waals surface area contributed by atoms with Gasteiger partial charge in [0.15, 0.2) is 11.5 Å². The van der Waals surface area contributed by atoms with Gasteiger partial charge in [0.2, 0.25) is 0 Å². The zero-order valence-corrected chi connectivity index (χ0v) is 19.5. The van der Waals surface area contributed by atoms with Gasteiger partial charge in [-0.05, 0) is 28.2 Å². The van der Waals surface area contributed by atoms with Crippen molar-refractivity contribution in [3.63, 3.8) is 0 Å². The number of benzene rings is 2. The van der Waals surface area contributed by atoms with E-state index in [4.69, 9.17) is 9.26 Å². The van der Waals surface area contributed by atoms with Crippen LogP contribution in [0.5, 0.6) is 0 Å². The average Bonchev–Trinajstić information content (AvgIpc) is 3.44. The van der Waals surface area contributed by atoms with Gasteiger partial charge in [-0.1, -0.05) is 67.5 Å². The number of alkyl carbamates (subject to hydrolysis) is 1. The van der Waals surface area contributed by atoms with Crippen LogP contribution in [0.15, 0.2) is 59.1 Å². The topological polar surface area (TPSA) is 131 Å². The summed E-state index contributed by atoms with van der Waals surface area (Å²) in [4.78, 5) is 35.8. The Hall–Kier alpha value is -4.14. The quantitative estimate of drug-likeness (QED) is 0.427. The Morgan fingerprint density at radius 3 is 2.26 bits per heavy atom. The highest BCUT2D eigenvalue weighted by Gasteiger charge is 2.29. The number of nitrogens with one attached hydrogen (secondary N) is 2. The summed E-state index contributed by atoms with van der Waals surface area (Å²) < 4.78 is 10.6. The number of carboxylic acid groups (broad SMARTS) is 1. The maximum absolute atomic E-state index is 12.3. The molecule has 1 heterocycles. The number of ether oxygens (including phenoxy) is 1. The van der Waals surface area contributed by atoms with E-state index in [1.165, 1.54) is 6.07 Å². The number of hydrogen-bond acceptors (Lipinski definition) is 6. The van der Waals surface area contributed by atoms with Crippen molar-refractivity contribution >= 4 is 18.0 Å². The number of amides is 2. The minimum Gasteiger partial charge on any atom is -0.481 e. The van der Waals surface area contributed by atoms with Crippen molar-refractivity contribution in [2.45, 2.75) is 26.3 Å². The van der Waals surface area contributed by atoms with E-state index in [9.17, 15) is 19.5 Å². The molecule has 4 rings (SSSR count). The number of rotatable bonds is 9. The lowest BCUT2D eigenvalue weighted by Gasteiger charge is -2.16. The second-order valence-corrected chi connectivity index (χ2v) is 8.76. The Morgan fingerprint density at radius 1 is 1.03 bits per heavy atom. The van der Waals surface area contributed by atoms with Crippen LogP contribution in [0.4, 0.5) is 4.79 Å². The molecule has 2 aromatic carbocycles. The molecule has 1 atom stereocenters. The highest BCUT2D eigenvalue weighted by atomic mass is 16.5. The third-order valence-corrected chi connectivity index (χ3v) is 6.15. The van der Waals surface area contributed by atoms with Gasteiger partial charge in [-0.3, -0.25) is 9.59 Å². The fourth-order valence-corrected chi connectivity index (χ4v) is 4.21. The predicted molar refractivity (Wildman–Crippen MR) is 127 cm³/mol. The van der Waals surface area contributed by atoms with Gasteiger partial charge in [-0.25, -0.2) is 4.79 Å². The lowest BCUT2D eigenvalue weighted by molar-refractivity contribution is -0.142. The van der Waals surface area contributed by atoms with Gasteiger partial charge in [-0.15, -0.1) is 0 Å². The summed E-state index contributed by atoms with van der Waals surface area (Å²) in [5.74, 6) is -2.15. The van der Waals surface area contributed by atoms with E-state index in [2.05, 4.69) is 27.9 Å². The van der Waals surface area contributed by atoms with Crippen molar-refractivity contribution in [1.29, 1.82) is 0 Å². The number of carbonyl (C=O) groups is 3. The summed E-state index contributed by atoms with van der Waals surface area (Å²) in [6.07, 6.45) is -0.615. The van der Waals surface area contributed by atoms with Crippen LogP contribution in [0.3, 0.4) is 0 Å². The first-order valence-corrected chi connectivity index (χ1v) is 11.4. The molecule has 1 unspecified atom stereocenters. The minimum absolute atomic E-state index is 0.00207. The van der Waals surface area contributed by atoms with E-state index in [0.717, 1.165) is 22.3 Å². The summed E-state index contributed by atoms with van der Waals surface area (Å²) >= 11 is 0. The fraction of sp³-hybridized carbons (Fsp3) is 0.308. The van der Waals surface area contributed by atoms with Crippen molar-refractivity contribution < 1.29 is 28.8 Å². The van der Waals surface area contributed by atoms with Gasteiger partial charge in [0.05, 0.1) is 12.5 Å². The Kier molecular flexibility index (Phi) is 7.14. The molecular formula is C26H27N3O6. The summed E-state index contributed by atoms with van der Waals surface area (Å²) in [6, 6.07) is 17.5. The van der Waals surface area contributed by atoms with E-state index in [1.54, 1.807) is 13.8 Å². The molecule has 2 amide bonds. The largest absolute Gasteiger partial charge is 0.481 e. The first-order valence-electron chi connectivity index (χ1n) is 11.4. The molecule has 0 fully saturated rings. The monoisotopic (exact) mass is 477 g/mol. The molecule has 182 valence electrons. The van der Waals surface area contributed by atoms with Gasteiger partial charge in [0, 0.05) is 18.5 Å². The number of nitrogens with zero attached hydrogens (tertiary/aromatic N) is 1. The zero-order chi connectivity index (χ0) is 24.9. The normalized spacial score (nSPS) is 13.1. The molecule has 1 aliphatic carbocycles. The summed E-state index contributed by atoms with van der Waals surface area (Å²) in [5.41, 5.74) is 4.53. The Bertz CT molecular complexity index is 1190. The lowest BCUT2D eigenvalue weighted by atomic mass is 9.96. The van der Waals surface area contributed by atoms with E-state index in [0.29, 0.717) is 0 Å². The van der Waals surface area contributed by atoms with E-state index >= 15 is 0 Å². The van der Waals surface area contributed by atoms with Crippen LogP contribution in [0.2, 0.25) is 0 Å². The molecule has 9 nitrogen and oxygen atoms in total. The first kappa shape index (κ1) is 24.0. The smallest absolute Gasteiger partial charge is 0.407 e. The van der Waals surface area contributed by atoms with E-state index in [1.807, 2.05) is 36.4 Å². The maximum atomic E-state index is 12.3. The van der Waals surface area contributed by atoms with Crippen LogP contribution in [-0.2, 0) is 16.1 Å². The number of aliphatic carboxylic acids is 1. The number of fused-ring (bicyclic) bond motifs is 3. The fourth-order valence-electron chi connectivity index (χ4n) is 4.21. The van der Waals surface area contributed by atoms with Crippen LogP contribution in [0, 0.1) is 11.8 Å². The third-order valence-electron chi connectivity index (χ3n) is 6.15. The van der Waals surface area contributed by atoms with Crippen LogP contribution >= 0.6 is 0 Å². The molecule has 3 aromatic rings. The third kappa shape index (κ3) is 5.34. The molecule has 0 spiro atoms. The second kappa shape index (κ2) is 10.4. The molecule has 0 saturated heterocycles. The summed E-state index contributed by atoms with van der Waals surface area (Å²) in [6.45, 7) is 3.69. The van der Waals surface area contributed by atoms with E-state index in [-0.39, 0.29) is 43.0 Å². The van der Waals surface area contributed by atoms with Crippen molar-refractivity contribution in [3.05, 3.63) is 77.2 Å². The van der Waals surface area contributed by atoms with Crippen molar-refractivity contribution in [3.8, 4) is 11.1 Å². The molecule has 0 aliphatic heterocycles. The van der Waals surface area contributed by atoms with E-state index < -0.39 is 23.9 Å². The van der Waals surface area contributed by atoms with Crippen LogP contribution in [-0.4, -0.2) is 41.4 Å². The number of hydrogen-bond donors (Lipinski definition) is 3. The maximum Gasteiger partial charge on any atom is 0.407 e. The molecule has 35 heavy (non-hydrogen) atoms. The van der Waals surface area contributed by atoms with Crippen LogP contribution in [0.1, 0.15) is 47.1 Å². The van der Waals surface area contributed by atoms with Crippen LogP contribution in [0.25, 0.3) is 11.1 Å². The summed E-state index contributed by atoms with van der Waals surface area (Å²) in [5, 5.41) is 18.1. The molecule has 9 heteroatoms. The van der Waals surface area contributed by atoms with Gasteiger partial charge in [0.1, 0.15) is 6.61 Å². The molecule has 1 aromatic heterocycles. The molecule has 1 aliphatic rings. The second-order valence-electron chi connectivity index (χ2n) is 8.76. The number of carbonyl (C=O) groups excluding carboxylic acids is 2. The summed E-state index contributed by atoms with van der Waals surface area (Å²) in [7, 11) is 0. The highest BCUT2D eigenvalue weighted by Crippen LogP contribution is 2.44. The standard InChI is InChI=1S/C26H27N3O6/c1-15(2)21(25(31)32)13-27-24(30)23-11-16(35-29-23)12-28-26(33)34-14-22-19-9-5-3-7-17(19)18-8-4-6-10-20(18)22/h3-11,15,21-22H,12-14H2,1-2H3,(H,27,30)(H,28,33)(H,31,32). The number of carboxylic acids is 1. The molecule has 3 N–H and O–H groups in total. The molecular weight excluding hydrogens is 450 g/mol. The van der Waals surface area contributed by atoms with Gasteiger partial charge >= 0.3 is 12.1 Å². The Balaban J connectivity index is 1.28.